The van der Waals surface area contributed by atoms with Crippen LogP contribution in [0.3, 0.4) is 0 Å². The highest BCUT2D eigenvalue weighted by Gasteiger charge is 2.38. The quantitative estimate of drug-likeness (QED) is 0.319. The van der Waals surface area contributed by atoms with Gasteiger partial charge < -0.3 is 9.84 Å². The van der Waals surface area contributed by atoms with E-state index in [1.54, 1.807) is 0 Å². The molecule has 0 radical (unpaired) electrons. The number of alkyl halides is 3. The molecule has 14 heteroatoms. The third-order valence-corrected chi connectivity index (χ3v) is 6.74. The first-order valence-electron chi connectivity index (χ1n) is 11.1. The van der Waals surface area contributed by atoms with Gasteiger partial charge in [0.1, 0.15) is 5.82 Å². The SMILES string of the molecule is Cn1c(=O)n(C)c2cc(-n3cc(OC(=O)O)c(=O)n([C@@H]4CCc5c4cccc5C(F)(F)F)c3=O)c(F)cc21. The van der Waals surface area contributed by atoms with Gasteiger partial charge in [0, 0.05) is 20.2 Å². The first kappa shape index (κ1) is 25.0. The molecule has 0 amide bonds. The second kappa shape index (κ2) is 8.46. The highest BCUT2D eigenvalue weighted by Crippen LogP contribution is 2.41. The predicted molar refractivity (Wildman–Crippen MR) is 125 cm³/mol. The van der Waals surface area contributed by atoms with Gasteiger partial charge in [-0.3, -0.25) is 18.5 Å². The van der Waals surface area contributed by atoms with Gasteiger partial charge in [-0.2, -0.15) is 13.2 Å². The minimum Gasteiger partial charge on any atom is -0.449 e. The Hall–Kier alpha value is -4.62. The monoisotopic (exact) mass is 534 g/mol. The minimum absolute atomic E-state index is 0.0550. The average molecular weight is 534 g/mol. The molecule has 38 heavy (non-hydrogen) atoms. The zero-order valence-corrected chi connectivity index (χ0v) is 19.7. The van der Waals surface area contributed by atoms with E-state index in [1.807, 2.05) is 0 Å². The summed E-state index contributed by atoms with van der Waals surface area (Å²) in [6.45, 7) is 0. The Morgan fingerprint density at radius 1 is 1.05 bits per heavy atom. The van der Waals surface area contributed by atoms with E-state index in [-0.39, 0.29) is 35.0 Å². The van der Waals surface area contributed by atoms with Crippen molar-refractivity contribution in [3.63, 3.8) is 0 Å². The fraction of sp³-hybridized carbons (Fsp3) is 0.250. The van der Waals surface area contributed by atoms with Crippen molar-refractivity contribution in [1.29, 1.82) is 0 Å². The molecule has 5 rings (SSSR count). The topological polar surface area (TPSA) is 117 Å². The molecule has 0 fully saturated rings. The van der Waals surface area contributed by atoms with Crippen LogP contribution in [-0.4, -0.2) is 29.5 Å². The first-order valence-corrected chi connectivity index (χ1v) is 11.1. The number of hydrogen-bond donors (Lipinski definition) is 1. The fourth-order valence-electron chi connectivity index (χ4n) is 5.02. The molecule has 10 nitrogen and oxygen atoms in total. The van der Waals surface area contributed by atoms with Gasteiger partial charge in [0.15, 0.2) is 0 Å². The van der Waals surface area contributed by atoms with E-state index in [9.17, 15) is 32.3 Å². The minimum atomic E-state index is -4.68. The lowest BCUT2D eigenvalue weighted by molar-refractivity contribution is -0.138. The third kappa shape index (κ3) is 3.71. The van der Waals surface area contributed by atoms with Crippen LogP contribution in [0.2, 0.25) is 0 Å². The summed E-state index contributed by atoms with van der Waals surface area (Å²) in [5, 5.41) is 9.13. The molecular weight excluding hydrogens is 516 g/mol. The van der Waals surface area contributed by atoms with Crippen LogP contribution in [0.25, 0.3) is 16.7 Å². The number of nitrogens with zero attached hydrogens (tertiary/aromatic N) is 4. The van der Waals surface area contributed by atoms with E-state index in [0.717, 1.165) is 24.3 Å². The van der Waals surface area contributed by atoms with Gasteiger partial charge in [0.2, 0.25) is 5.75 Å². The van der Waals surface area contributed by atoms with E-state index in [4.69, 9.17) is 5.11 Å². The van der Waals surface area contributed by atoms with Crippen LogP contribution in [0.15, 0.2) is 50.9 Å². The van der Waals surface area contributed by atoms with Crippen LogP contribution >= 0.6 is 0 Å². The number of hydrogen-bond acceptors (Lipinski definition) is 5. The second-order valence-electron chi connectivity index (χ2n) is 8.81. The van der Waals surface area contributed by atoms with Crippen LogP contribution in [0.5, 0.6) is 5.75 Å². The van der Waals surface area contributed by atoms with Gasteiger partial charge in [-0.15, -0.1) is 0 Å². The van der Waals surface area contributed by atoms with Crippen molar-refractivity contribution in [3.05, 3.63) is 90.4 Å². The summed E-state index contributed by atoms with van der Waals surface area (Å²) >= 11 is 0. The Bertz CT molecular complexity index is 1830. The largest absolute Gasteiger partial charge is 0.511 e. The average Bonchev–Trinajstić information content (AvgIpc) is 3.35. The molecule has 0 unspecified atom stereocenters. The Balaban J connectivity index is 1.80. The van der Waals surface area contributed by atoms with Gasteiger partial charge in [-0.05, 0) is 36.1 Å². The number of ether oxygens (including phenoxy) is 1. The fourth-order valence-corrected chi connectivity index (χ4v) is 5.02. The van der Waals surface area contributed by atoms with Crippen molar-refractivity contribution >= 4 is 17.2 Å². The van der Waals surface area contributed by atoms with E-state index in [0.29, 0.717) is 15.3 Å². The van der Waals surface area contributed by atoms with Crippen LogP contribution < -0.4 is 21.7 Å². The van der Waals surface area contributed by atoms with Gasteiger partial charge in [0.05, 0.1) is 34.5 Å². The Morgan fingerprint density at radius 2 is 1.71 bits per heavy atom. The summed E-state index contributed by atoms with van der Waals surface area (Å²) in [4.78, 5) is 50.4. The lowest BCUT2D eigenvalue weighted by Gasteiger charge is -2.19. The number of aryl methyl sites for hydroxylation is 2. The number of carboxylic acid groups (broad SMARTS) is 1. The molecular formula is C24H18F4N4O6. The third-order valence-electron chi connectivity index (χ3n) is 6.74. The summed E-state index contributed by atoms with van der Waals surface area (Å²) in [7, 11) is 2.84. The Labute approximate surface area is 209 Å². The summed E-state index contributed by atoms with van der Waals surface area (Å²) in [5.74, 6) is -1.85. The van der Waals surface area contributed by atoms with E-state index >= 15 is 4.39 Å². The first-order chi connectivity index (χ1) is 17.8. The summed E-state index contributed by atoms with van der Waals surface area (Å²) in [5.41, 5.74) is -3.79. The smallest absolute Gasteiger partial charge is 0.449 e. The van der Waals surface area contributed by atoms with Crippen molar-refractivity contribution in [2.24, 2.45) is 14.1 Å². The van der Waals surface area contributed by atoms with Gasteiger partial charge in [-0.1, -0.05) is 12.1 Å². The van der Waals surface area contributed by atoms with Crippen LogP contribution in [0, 0.1) is 5.82 Å². The normalized spacial score (nSPS) is 15.2. The maximum atomic E-state index is 15.3. The van der Waals surface area contributed by atoms with Crippen LogP contribution in [0.4, 0.5) is 22.4 Å². The molecule has 0 saturated heterocycles. The zero-order valence-electron chi connectivity index (χ0n) is 19.7. The van der Waals surface area contributed by atoms with Gasteiger partial charge >= 0.3 is 23.7 Å². The molecule has 4 aromatic rings. The molecule has 0 saturated carbocycles. The van der Waals surface area contributed by atoms with E-state index in [2.05, 4.69) is 4.74 Å². The van der Waals surface area contributed by atoms with Gasteiger partial charge in [-0.25, -0.2) is 23.3 Å². The number of rotatable bonds is 3. The second-order valence-corrected chi connectivity index (χ2v) is 8.81. The van der Waals surface area contributed by atoms with Crippen molar-refractivity contribution in [3.8, 4) is 11.4 Å². The maximum absolute atomic E-state index is 15.3. The van der Waals surface area contributed by atoms with Crippen molar-refractivity contribution in [2.75, 3.05) is 0 Å². The zero-order chi connectivity index (χ0) is 27.7. The molecule has 1 aliphatic rings. The molecule has 0 aliphatic heterocycles. The molecule has 1 atom stereocenters. The number of aromatic nitrogens is 4. The van der Waals surface area contributed by atoms with Crippen molar-refractivity contribution in [1.82, 2.24) is 18.3 Å². The molecule has 1 N–H and O–H groups in total. The Morgan fingerprint density at radius 3 is 2.34 bits per heavy atom. The highest BCUT2D eigenvalue weighted by atomic mass is 19.4. The number of benzene rings is 2. The summed E-state index contributed by atoms with van der Waals surface area (Å²) in [6.07, 6.45) is -6.07. The van der Waals surface area contributed by atoms with Crippen LogP contribution in [-0.2, 0) is 26.7 Å². The Kier molecular flexibility index (Phi) is 5.58. The lowest BCUT2D eigenvalue weighted by Crippen LogP contribution is -2.42. The summed E-state index contributed by atoms with van der Waals surface area (Å²) in [6, 6.07) is 4.33. The number of fused-ring (bicyclic) bond motifs is 2. The summed E-state index contributed by atoms with van der Waals surface area (Å²) < 4.78 is 64.1. The van der Waals surface area contributed by atoms with Crippen molar-refractivity contribution < 1.29 is 32.2 Å². The molecule has 0 bridgehead atoms. The van der Waals surface area contributed by atoms with E-state index in [1.165, 1.54) is 29.3 Å². The molecule has 0 spiro atoms. The maximum Gasteiger partial charge on any atom is 0.511 e. The number of carbonyl (C=O) groups is 1. The molecule has 2 aromatic heterocycles. The molecule has 198 valence electrons. The molecule has 1 aliphatic carbocycles. The van der Waals surface area contributed by atoms with Crippen LogP contribution in [0.1, 0.15) is 29.2 Å². The molecule has 2 aromatic carbocycles. The number of halogens is 4. The standard InChI is InChI=1S/C24H18F4N4O6/c1-29-17-8-14(25)16(9-18(17)30(2)21(29)34)31-10-19(38-23(36)37)20(33)32(22(31)35)15-7-6-11-12(15)4-3-5-13(11)24(26,27)28/h3-5,8-10,15H,6-7H2,1-2H3,(H,36,37)/t15-/m1/s1. The number of imidazole rings is 1. The van der Waals surface area contributed by atoms with E-state index < -0.39 is 58.1 Å². The van der Waals surface area contributed by atoms with Gasteiger partial charge in [0.25, 0.3) is 5.56 Å². The van der Waals surface area contributed by atoms with Crippen molar-refractivity contribution in [2.45, 2.75) is 25.1 Å². The lowest BCUT2D eigenvalue weighted by atomic mass is 10.0. The molecule has 2 heterocycles. The predicted octanol–water partition coefficient (Wildman–Crippen LogP) is 2.94. The highest BCUT2D eigenvalue weighted by molar-refractivity contribution is 5.79.